The number of carbonyl (C=O) groups is 2. The second-order valence-corrected chi connectivity index (χ2v) is 7.51. The second kappa shape index (κ2) is 8.25. The van der Waals surface area contributed by atoms with Crippen molar-refractivity contribution < 1.29 is 23.8 Å². The standard InChI is InChI=1S/C22H21ClFNO4/c1-4-12(2)8-20(27)29-21-13(3)25(18-11-17(24)19(26)10-16(18)21)22(28)14-6-5-7-15(23)9-14/h5-7,9-12,26H,4,8H2,1-3H3. The topological polar surface area (TPSA) is 68.5 Å². The van der Waals surface area contributed by atoms with Gasteiger partial charge in [-0.2, -0.15) is 0 Å². The van der Waals surface area contributed by atoms with Gasteiger partial charge < -0.3 is 9.84 Å². The number of phenolic OH excluding ortho intramolecular Hbond substituents is 1. The van der Waals surface area contributed by atoms with Gasteiger partial charge in [-0.05, 0) is 37.1 Å². The van der Waals surface area contributed by atoms with Crippen LogP contribution in [0, 0.1) is 18.7 Å². The fraction of sp³-hybridized carbons (Fsp3) is 0.273. The minimum Gasteiger partial charge on any atom is -0.505 e. The molecule has 152 valence electrons. The van der Waals surface area contributed by atoms with Crippen molar-refractivity contribution in [3.05, 3.63) is 58.5 Å². The molecule has 0 radical (unpaired) electrons. The van der Waals surface area contributed by atoms with E-state index in [0.29, 0.717) is 16.3 Å². The van der Waals surface area contributed by atoms with Crippen LogP contribution in [-0.4, -0.2) is 21.6 Å². The lowest BCUT2D eigenvalue weighted by Gasteiger charge is -2.10. The summed E-state index contributed by atoms with van der Waals surface area (Å²) in [5.74, 6) is -2.13. The Morgan fingerprint density at radius 1 is 1.28 bits per heavy atom. The first-order valence-corrected chi connectivity index (χ1v) is 9.65. The van der Waals surface area contributed by atoms with E-state index in [9.17, 15) is 19.1 Å². The summed E-state index contributed by atoms with van der Waals surface area (Å²) in [6.45, 7) is 5.50. The Balaban J connectivity index is 2.15. The van der Waals surface area contributed by atoms with Crippen LogP contribution in [0.1, 0.15) is 42.7 Å². The van der Waals surface area contributed by atoms with Crippen molar-refractivity contribution in [1.29, 1.82) is 0 Å². The Bertz CT molecular complexity index is 1110. The predicted molar refractivity (Wildman–Crippen MR) is 109 cm³/mol. The number of aromatic hydroxyl groups is 1. The van der Waals surface area contributed by atoms with Gasteiger partial charge in [0, 0.05) is 28.5 Å². The number of esters is 1. The van der Waals surface area contributed by atoms with Crippen molar-refractivity contribution in [2.24, 2.45) is 5.92 Å². The highest BCUT2D eigenvalue weighted by Gasteiger charge is 2.25. The molecule has 1 heterocycles. The molecular weight excluding hydrogens is 397 g/mol. The molecule has 0 aliphatic rings. The zero-order valence-corrected chi connectivity index (χ0v) is 17.1. The minimum absolute atomic E-state index is 0.124. The molecule has 29 heavy (non-hydrogen) atoms. The fourth-order valence-corrected chi connectivity index (χ4v) is 3.31. The number of nitrogens with zero attached hydrogens (tertiary/aromatic N) is 1. The first-order valence-electron chi connectivity index (χ1n) is 9.27. The molecule has 0 amide bonds. The quantitative estimate of drug-likeness (QED) is 0.558. The summed E-state index contributed by atoms with van der Waals surface area (Å²) in [4.78, 5) is 25.5. The molecule has 0 saturated heterocycles. The molecule has 7 heteroatoms. The lowest BCUT2D eigenvalue weighted by molar-refractivity contribution is -0.135. The highest BCUT2D eigenvalue weighted by atomic mass is 35.5. The third kappa shape index (κ3) is 4.12. The third-order valence-electron chi connectivity index (χ3n) is 4.92. The number of fused-ring (bicyclic) bond motifs is 1. The van der Waals surface area contributed by atoms with E-state index in [1.807, 2.05) is 13.8 Å². The molecule has 1 aromatic heterocycles. The van der Waals surface area contributed by atoms with Gasteiger partial charge in [0.1, 0.15) is 0 Å². The molecule has 0 saturated carbocycles. The van der Waals surface area contributed by atoms with Gasteiger partial charge in [-0.25, -0.2) is 4.39 Å². The van der Waals surface area contributed by atoms with Crippen LogP contribution in [0.3, 0.4) is 0 Å². The smallest absolute Gasteiger partial charge is 0.311 e. The number of hydrogen-bond acceptors (Lipinski definition) is 4. The van der Waals surface area contributed by atoms with Gasteiger partial charge in [-0.15, -0.1) is 0 Å². The van der Waals surface area contributed by atoms with Gasteiger partial charge in [0.05, 0.1) is 11.2 Å². The molecule has 2 aromatic carbocycles. The van der Waals surface area contributed by atoms with Gasteiger partial charge in [0.2, 0.25) is 0 Å². The number of aromatic nitrogens is 1. The molecule has 5 nitrogen and oxygen atoms in total. The first-order chi connectivity index (χ1) is 13.7. The van der Waals surface area contributed by atoms with Gasteiger partial charge in [-0.3, -0.25) is 14.2 Å². The summed E-state index contributed by atoms with van der Waals surface area (Å²) in [6.07, 6.45) is 1.02. The molecule has 1 unspecified atom stereocenters. The van der Waals surface area contributed by atoms with Crippen molar-refractivity contribution in [3.8, 4) is 11.5 Å². The summed E-state index contributed by atoms with van der Waals surface area (Å²) >= 11 is 5.99. The van der Waals surface area contributed by atoms with Crippen LogP contribution in [0.25, 0.3) is 10.9 Å². The number of ether oxygens (including phenoxy) is 1. The lowest BCUT2D eigenvalue weighted by Crippen LogP contribution is -2.15. The maximum atomic E-state index is 14.1. The summed E-state index contributed by atoms with van der Waals surface area (Å²) in [5, 5.41) is 10.5. The van der Waals surface area contributed by atoms with Crippen molar-refractivity contribution in [2.75, 3.05) is 0 Å². The van der Waals surface area contributed by atoms with Crippen LogP contribution in [0.2, 0.25) is 5.02 Å². The Morgan fingerprint density at radius 3 is 2.66 bits per heavy atom. The zero-order chi connectivity index (χ0) is 21.3. The van der Waals surface area contributed by atoms with Crippen molar-refractivity contribution >= 4 is 34.4 Å². The van der Waals surface area contributed by atoms with E-state index in [0.717, 1.165) is 18.6 Å². The van der Waals surface area contributed by atoms with E-state index in [1.54, 1.807) is 25.1 Å². The van der Waals surface area contributed by atoms with Gasteiger partial charge >= 0.3 is 5.97 Å². The summed E-state index contributed by atoms with van der Waals surface area (Å²) < 4.78 is 20.9. The number of phenols is 1. The van der Waals surface area contributed by atoms with E-state index >= 15 is 0 Å². The minimum atomic E-state index is -0.882. The van der Waals surface area contributed by atoms with Crippen molar-refractivity contribution in [3.63, 3.8) is 0 Å². The number of halogens is 2. The molecule has 0 bridgehead atoms. The molecule has 3 aromatic rings. The molecule has 0 fully saturated rings. The Labute approximate surface area is 172 Å². The Morgan fingerprint density at radius 2 is 2.00 bits per heavy atom. The van der Waals surface area contributed by atoms with E-state index in [2.05, 4.69) is 0 Å². The zero-order valence-electron chi connectivity index (χ0n) is 16.3. The van der Waals surface area contributed by atoms with E-state index in [4.69, 9.17) is 16.3 Å². The van der Waals surface area contributed by atoms with Crippen LogP contribution < -0.4 is 4.74 Å². The number of hydrogen-bond donors (Lipinski definition) is 1. The third-order valence-corrected chi connectivity index (χ3v) is 5.15. The Kier molecular flexibility index (Phi) is 5.94. The molecule has 1 N–H and O–H groups in total. The van der Waals surface area contributed by atoms with Crippen LogP contribution in [0.15, 0.2) is 36.4 Å². The van der Waals surface area contributed by atoms with E-state index < -0.39 is 23.4 Å². The normalized spacial score (nSPS) is 12.2. The summed E-state index contributed by atoms with van der Waals surface area (Å²) in [7, 11) is 0. The average Bonchev–Trinajstić information content (AvgIpc) is 2.92. The maximum absolute atomic E-state index is 14.1. The van der Waals surface area contributed by atoms with Gasteiger partial charge in [0.15, 0.2) is 17.3 Å². The monoisotopic (exact) mass is 417 g/mol. The molecule has 0 aliphatic heterocycles. The van der Waals surface area contributed by atoms with Gasteiger partial charge in [-0.1, -0.05) is 37.9 Å². The summed E-state index contributed by atoms with van der Waals surface area (Å²) in [6, 6.07) is 8.57. The predicted octanol–water partition coefficient (Wildman–Crippen LogP) is 5.48. The molecule has 1 atom stereocenters. The lowest BCUT2D eigenvalue weighted by atomic mass is 10.1. The summed E-state index contributed by atoms with van der Waals surface area (Å²) in [5.41, 5.74) is 0.810. The van der Waals surface area contributed by atoms with E-state index in [-0.39, 0.29) is 29.0 Å². The van der Waals surface area contributed by atoms with Crippen LogP contribution in [0.5, 0.6) is 11.5 Å². The molecular formula is C22H21ClFNO4. The van der Waals surface area contributed by atoms with Crippen molar-refractivity contribution in [2.45, 2.75) is 33.6 Å². The van der Waals surface area contributed by atoms with Crippen LogP contribution in [0.4, 0.5) is 4.39 Å². The van der Waals surface area contributed by atoms with E-state index in [1.165, 1.54) is 10.6 Å². The van der Waals surface area contributed by atoms with Crippen LogP contribution in [-0.2, 0) is 4.79 Å². The molecule has 0 aliphatic carbocycles. The fourth-order valence-electron chi connectivity index (χ4n) is 3.12. The number of benzene rings is 2. The van der Waals surface area contributed by atoms with Crippen LogP contribution >= 0.6 is 11.6 Å². The highest BCUT2D eigenvalue weighted by molar-refractivity contribution is 6.31. The largest absolute Gasteiger partial charge is 0.505 e. The average molecular weight is 418 g/mol. The first kappa shape index (κ1) is 20.9. The maximum Gasteiger partial charge on any atom is 0.311 e. The van der Waals surface area contributed by atoms with Gasteiger partial charge in [0.25, 0.3) is 5.91 Å². The number of rotatable bonds is 5. The SMILES string of the molecule is CCC(C)CC(=O)Oc1c(C)n(C(=O)c2cccc(Cl)c2)c2cc(F)c(O)cc12. The number of carbonyl (C=O) groups excluding carboxylic acids is 2. The second-order valence-electron chi connectivity index (χ2n) is 7.08. The highest BCUT2D eigenvalue weighted by Crippen LogP contribution is 2.37. The molecule has 3 rings (SSSR count). The Hall–Kier alpha value is -2.86. The molecule has 0 spiro atoms. The van der Waals surface area contributed by atoms with Crippen molar-refractivity contribution in [1.82, 2.24) is 4.57 Å².